The van der Waals surface area contributed by atoms with Crippen LogP contribution in [0.25, 0.3) is 0 Å². The van der Waals surface area contributed by atoms with Crippen LogP contribution in [0.5, 0.6) is 0 Å². The van der Waals surface area contributed by atoms with Crippen molar-refractivity contribution in [2.24, 2.45) is 0 Å². The minimum Gasteiger partial charge on any atom is -0.279 e. The molecule has 1 fully saturated rings. The van der Waals surface area contributed by atoms with E-state index in [-0.39, 0.29) is 4.90 Å². The number of sulfonamides is 1. The maximum atomic E-state index is 12.1. The first-order chi connectivity index (χ1) is 8.49. The number of thiocarbonyl (C=S) groups is 1. The Balaban J connectivity index is 2.16. The number of hydrazine groups is 1. The molecule has 0 atom stereocenters. The van der Waals surface area contributed by atoms with Gasteiger partial charge in [0.15, 0.2) is 4.32 Å². The third-order valence-electron chi connectivity index (χ3n) is 2.53. The van der Waals surface area contributed by atoms with E-state index in [1.165, 1.54) is 16.8 Å². The van der Waals surface area contributed by atoms with Crippen LogP contribution < -0.4 is 4.83 Å². The summed E-state index contributed by atoms with van der Waals surface area (Å²) in [5.41, 5.74) is 1.03. The van der Waals surface area contributed by atoms with Gasteiger partial charge in [-0.2, -0.15) is 0 Å². The van der Waals surface area contributed by atoms with E-state index in [4.69, 9.17) is 12.2 Å². The molecular formula is C11H14N2O2S3. The SMILES string of the molecule is Cc1ccc(S(=O)(=O)NN2CCCSC2=S)cc1. The van der Waals surface area contributed by atoms with Crippen molar-refractivity contribution >= 4 is 38.3 Å². The third-order valence-corrected chi connectivity index (χ3v) is 5.42. The van der Waals surface area contributed by atoms with E-state index in [1.807, 2.05) is 6.92 Å². The zero-order valence-electron chi connectivity index (χ0n) is 9.92. The zero-order chi connectivity index (χ0) is 13.2. The summed E-state index contributed by atoms with van der Waals surface area (Å²) in [6.07, 6.45) is 0.918. The number of hydrogen-bond acceptors (Lipinski definition) is 4. The van der Waals surface area contributed by atoms with Gasteiger partial charge in [0.25, 0.3) is 10.0 Å². The molecule has 0 radical (unpaired) electrons. The molecule has 1 aliphatic heterocycles. The predicted octanol–water partition coefficient (Wildman–Crippen LogP) is 1.91. The van der Waals surface area contributed by atoms with Crippen LogP contribution in [0.1, 0.15) is 12.0 Å². The van der Waals surface area contributed by atoms with Crippen LogP contribution in [0.4, 0.5) is 0 Å². The van der Waals surface area contributed by atoms with Crippen LogP contribution in [-0.2, 0) is 10.0 Å². The van der Waals surface area contributed by atoms with Crippen molar-refractivity contribution < 1.29 is 8.42 Å². The van der Waals surface area contributed by atoms with Gasteiger partial charge in [-0.25, -0.2) is 8.42 Å². The molecule has 1 aromatic carbocycles. The lowest BCUT2D eigenvalue weighted by molar-refractivity contribution is 0.385. The maximum Gasteiger partial charge on any atom is 0.257 e. The molecule has 7 heteroatoms. The highest BCUT2D eigenvalue weighted by Gasteiger charge is 2.22. The van der Waals surface area contributed by atoms with Crippen molar-refractivity contribution in [2.75, 3.05) is 12.3 Å². The van der Waals surface area contributed by atoms with E-state index in [0.717, 1.165) is 17.7 Å². The molecular weight excluding hydrogens is 288 g/mol. The summed E-state index contributed by atoms with van der Waals surface area (Å²) < 4.78 is 24.9. The van der Waals surface area contributed by atoms with Crippen molar-refractivity contribution in [2.45, 2.75) is 18.2 Å². The highest BCUT2D eigenvalue weighted by atomic mass is 32.2. The van der Waals surface area contributed by atoms with Crippen LogP contribution in [0, 0.1) is 6.92 Å². The van der Waals surface area contributed by atoms with Gasteiger partial charge in [-0.15, -0.1) is 4.83 Å². The Hall–Kier alpha value is -0.630. The molecule has 0 aromatic heterocycles. The van der Waals surface area contributed by atoms with Crippen molar-refractivity contribution in [1.82, 2.24) is 9.84 Å². The van der Waals surface area contributed by atoms with Gasteiger partial charge in [0, 0.05) is 12.3 Å². The molecule has 0 bridgehead atoms. The monoisotopic (exact) mass is 302 g/mol. The molecule has 98 valence electrons. The molecule has 1 aromatic rings. The number of nitrogens with one attached hydrogen (secondary N) is 1. The zero-order valence-corrected chi connectivity index (χ0v) is 12.4. The molecule has 1 aliphatic rings. The van der Waals surface area contributed by atoms with Gasteiger partial charge < -0.3 is 0 Å². The van der Waals surface area contributed by atoms with E-state index in [1.54, 1.807) is 24.3 Å². The fraction of sp³-hybridized carbons (Fsp3) is 0.364. The van der Waals surface area contributed by atoms with Gasteiger partial charge in [-0.1, -0.05) is 41.7 Å². The summed E-state index contributed by atoms with van der Waals surface area (Å²) in [5, 5.41) is 1.53. The summed E-state index contributed by atoms with van der Waals surface area (Å²) in [6.45, 7) is 2.54. The van der Waals surface area contributed by atoms with E-state index < -0.39 is 10.0 Å². The van der Waals surface area contributed by atoms with Gasteiger partial charge in [0.05, 0.1) is 4.90 Å². The maximum absolute atomic E-state index is 12.1. The van der Waals surface area contributed by atoms with Gasteiger partial charge >= 0.3 is 0 Å². The van der Waals surface area contributed by atoms with Gasteiger partial charge in [0.1, 0.15) is 0 Å². The number of aryl methyl sites for hydroxylation is 1. The molecule has 0 aliphatic carbocycles. The largest absolute Gasteiger partial charge is 0.279 e. The second kappa shape index (κ2) is 5.56. The minimum atomic E-state index is -3.53. The topological polar surface area (TPSA) is 49.4 Å². The second-order valence-corrected chi connectivity index (χ2v) is 7.42. The molecule has 0 saturated carbocycles. The molecule has 0 spiro atoms. The number of hydrogen-bond donors (Lipinski definition) is 1. The molecule has 2 rings (SSSR count). The average molecular weight is 302 g/mol. The lowest BCUT2D eigenvalue weighted by Crippen LogP contribution is -2.46. The van der Waals surface area contributed by atoms with Crippen LogP contribution in [0.3, 0.4) is 0 Å². The normalized spacial score (nSPS) is 16.9. The fourth-order valence-corrected chi connectivity index (χ4v) is 3.87. The van der Waals surface area contributed by atoms with Crippen molar-refractivity contribution in [3.63, 3.8) is 0 Å². The number of nitrogens with zero attached hydrogens (tertiary/aromatic N) is 1. The van der Waals surface area contributed by atoms with E-state index >= 15 is 0 Å². The third kappa shape index (κ3) is 3.23. The first kappa shape index (κ1) is 13.8. The lowest BCUT2D eigenvalue weighted by atomic mass is 10.2. The Kier molecular flexibility index (Phi) is 4.26. The Bertz CT molecular complexity index is 540. The molecule has 0 unspecified atom stereocenters. The number of rotatable bonds is 3. The van der Waals surface area contributed by atoms with E-state index in [2.05, 4.69) is 4.83 Å². The number of thioether (sulfide) groups is 1. The molecule has 4 nitrogen and oxygen atoms in total. The minimum absolute atomic E-state index is 0.256. The Morgan fingerprint density at radius 1 is 1.33 bits per heavy atom. The van der Waals surface area contributed by atoms with Crippen LogP contribution in [-0.4, -0.2) is 30.0 Å². The quantitative estimate of drug-likeness (QED) is 0.864. The molecule has 1 N–H and O–H groups in total. The predicted molar refractivity (Wildman–Crippen MR) is 77.9 cm³/mol. The Labute approximate surface area is 117 Å². The van der Waals surface area contributed by atoms with E-state index in [0.29, 0.717) is 10.9 Å². The molecule has 18 heavy (non-hydrogen) atoms. The van der Waals surface area contributed by atoms with Gasteiger partial charge in [-0.05, 0) is 25.5 Å². The summed E-state index contributed by atoms with van der Waals surface area (Å²) in [6, 6.07) is 6.74. The molecule has 0 amide bonds. The van der Waals surface area contributed by atoms with Crippen molar-refractivity contribution in [3.05, 3.63) is 29.8 Å². The number of benzene rings is 1. The van der Waals surface area contributed by atoms with Crippen molar-refractivity contribution in [3.8, 4) is 0 Å². The first-order valence-corrected chi connectivity index (χ1v) is 8.40. The van der Waals surface area contributed by atoms with Crippen molar-refractivity contribution in [1.29, 1.82) is 0 Å². The first-order valence-electron chi connectivity index (χ1n) is 5.52. The smallest absolute Gasteiger partial charge is 0.257 e. The van der Waals surface area contributed by atoms with Crippen LogP contribution >= 0.6 is 24.0 Å². The average Bonchev–Trinajstić information content (AvgIpc) is 2.32. The highest BCUT2D eigenvalue weighted by Crippen LogP contribution is 2.18. The standard InChI is InChI=1S/C11H14N2O2S3/c1-9-3-5-10(6-4-9)18(14,15)12-13-7-2-8-17-11(13)16/h3-6,12H,2,7-8H2,1H3. The summed E-state index contributed by atoms with van der Waals surface area (Å²) in [5.74, 6) is 0.946. The molecule has 1 saturated heterocycles. The van der Waals surface area contributed by atoms with Gasteiger partial charge in [-0.3, -0.25) is 5.01 Å². The van der Waals surface area contributed by atoms with Crippen LogP contribution in [0.15, 0.2) is 29.2 Å². The summed E-state index contributed by atoms with van der Waals surface area (Å²) >= 11 is 6.62. The van der Waals surface area contributed by atoms with E-state index in [9.17, 15) is 8.42 Å². The van der Waals surface area contributed by atoms with Gasteiger partial charge in [0.2, 0.25) is 0 Å². The lowest BCUT2D eigenvalue weighted by Gasteiger charge is -2.28. The Morgan fingerprint density at radius 3 is 2.61 bits per heavy atom. The summed E-state index contributed by atoms with van der Waals surface area (Å²) in [4.78, 5) is 2.78. The highest BCUT2D eigenvalue weighted by molar-refractivity contribution is 8.23. The Morgan fingerprint density at radius 2 is 2.00 bits per heavy atom. The fourth-order valence-electron chi connectivity index (χ4n) is 1.55. The second-order valence-electron chi connectivity index (χ2n) is 4.03. The van der Waals surface area contributed by atoms with Crippen LogP contribution in [0.2, 0.25) is 0 Å². The summed E-state index contributed by atoms with van der Waals surface area (Å²) in [7, 11) is -3.53. The molecule has 1 heterocycles.